The number of nitrogens with one attached hydrogen (secondary N) is 1. The third kappa shape index (κ3) is 3.96. The third-order valence-electron chi connectivity index (χ3n) is 3.86. The smallest absolute Gasteiger partial charge is 0.355 e. The van der Waals surface area contributed by atoms with E-state index in [0.717, 1.165) is 38.8 Å². The number of ether oxygens (including phenoxy) is 1. The van der Waals surface area contributed by atoms with Crippen LogP contribution in [0.1, 0.15) is 60.4 Å². The first-order chi connectivity index (χ1) is 10.5. The molecule has 0 unspecified atom stereocenters. The van der Waals surface area contributed by atoms with Crippen molar-refractivity contribution in [2.24, 2.45) is 0 Å². The summed E-state index contributed by atoms with van der Waals surface area (Å²) in [5.41, 5.74) is 0.596. The molecule has 0 bridgehead atoms. The number of Topliss-reactive ketones (excluding diaryl/α,β-unsaturated/α-hetero) is 1. The molecule has 0 spiro atoms. The molecule has 0 saturated carbocycles. The monoisotopic (exact) mass is 306 g/mol. The van der Waals surface area contributed by atoms with Crippen molar-refractivity contribution in [1.82, 2.24) is 9.88 Å². The first-order valence-electron chi connectivity index (χ1n) is 7.68. The lowest BCUT2D eigenvalue weighted by molar-refractivity contribution is -0.139. The molecule has 1 aliphatic rings. The Hall–Kier alpha value is -2.11. The number of esters is 1. The van der Waals surface area contributed by atoms with Gasteiger partial charge in [-0.2, -0.15) is 0 Å². The zero-order valence-corrected chi connectivity index (χ0v) is 13.1. The summed E-state index contributed by atoms with van der Waals surface area (Å²) in [6.07, 6.45) is 4.88. The maximum absolute atomic E-state index is 12.3. The van der Waals surface area contributed by atoms with Gasteiger partial charge in [0, 0.05) is 24.8 Å². The summed E-state index contributed by atoms with van der Waals surface area (Å²) in [6, 6.07) is 1.44. The SMILES string of the molecule is CC(=O)c1c[nH]c(C(=O)O[C@@H](C)C(=O)N2CCCCCC2)c1. The Kier molecular flexibility index (Phi) is 5.35. The molecule has 6 heteroatoms. The van der Waals surface area contributed by atoms with E-state index in [0.29, 0.717) is 5.56 Å². The maximum atomic E-state index is 12.3. The number of hydrogen-bond acceptors (Lipinski definition) is 4. The van der Waals surface area contributed by atoms with Gasteiger partial charge >= 0.3 is 5.97 Å². The van der Waals surface area contributed by atoms with Crippen LogP contribution < -0.4 is 0 Å². The van der Waals surface area contributed by atoms with Crippen LogP contribution in [0, 0.1) is 0 Å². The van der Waals surface area contributed by atoms with Crippen LogP contribution in [-0.2, 0) is 9.53 Å². The number of carbonyl (C=O) groups excluding carboxylic acids is 3. The molecule has 0 radical (unpaired) electrons. The van der Waals surface area contributed by atoms with Crippen molar-refractivity contribution in [2.45, 2.75) is 45.6 Å². The van der Waals surface area contributed by atoms with Gasteiger partial charge in [-0.15, -0.1) is 0 Å². The molecule has 1 aromatic rings. The normalized spacial score (nSPS) is 16.7. The minimum absolute atomic E-state index is 0.135. The van der Waals surface area contributed by atoms with Crippen LogP contribution in [0.5, 0.6) is 0 Å². The number of hydrogen-bond donors (Lipinski definition) is 1. The standard InChI is InChI=1S/C16H22N2O4/c1-11(19)13-9-14(17-10-13)16(21)22-12(2)15(20)18-7-5-3-4-6-8-18/h9-10,12,17H,3-8H2,1-2H3/t12-/m0/s1. The molecule has 1 fully saturated rings. The predicted octanol–water partition coefficient (Wildman–Crippen LogP) is 2.17. The van der Waals surface area contributed by atoms with Crippen LogP contribution in [0.3, 0.4) is 0 Å². The van der Waals surface area contributed by atoms with E-state index in [1.807, 2.05) is 0 Å². The van der Waals surface area contributed by atoms with Gasteiger partial charge in [0.1, 0.15) is 5.69 Å². The molecular formula is C16H22N2O4. The minimum atomic E-state index is -0.824. The lowest BCUT2D eigenvalue weighted by Crippen LogP contribution is -2.40. The lowest BCUT2D eigenvalue weighted by atomic mass is 10.2. The van der Waals surface area contributed by atoms with Crippen molar-refractivity contribution < 1.29 is 19.1 Å². The highest BCUT2D eigenvalue weighted by Gasteiger charge is 2.25. The highest BCUT2D eigenvalue weighted by molar-refractivity contribution is 5.98. The van der Waals surface area contributed by atoms with Gasteiger partial charge in [0.15, 0.2) is 11.9 Å². The van der Waals surface area contributed by atoms with Crippen LogP contribution in [0.2, 0.25) is 0 Å². The Morgan fingerprint density at radius 3 is 2.36 bits per heavy atom. The summed E-state index contributed by atoms with van der Waals surface area (Å²) >= 11 is 0. The fourth-order valence-corrected chi connectivity index (χ4v) is 2.54. The largest absolute Gasteiger partial charge is 0.448 e. The average molecular weight is 306 g/mol. The Labute approximate surface area is 129 Å². The molecule has 22 heavy (non-hydrogen) atoms. The highest BCUT2D eigenvalue weighted by atomic mass is 16.5. The Morgan fingerprint density at radius 2 is 1.82 bits per heavy atom. The summed E-state index contributed by atoms with van der Waals surface area (Å²) in [7, 11) is 0. The van der Waals surface area contributed by atoms with Crippen molar-refractivity contribution in [2.75, 3.05) is 13.1 Å². The minimum Gasteiger partial charge on any atom is -0.448 e. The fraction of sp³-hybridized carbons (Fsp3) is 0.562. The number of rotatable bonds is 4. The van der Waals surface area contributed by atoms with Gasteiger partial charge < -0.3 is 14.6 Å². The first-order valence-corrected chi connectivity index (χ1v) is 7.68. The molecule has 2 heterocycles. The highest BCUT2D eigenvalue weighted by Crippen LogP contribution is 2.13. The molecule has 0 aromatic carbocycles. The van der Waals surface area contributed by atoms with E-state index in [4.69, 9.17) is 4.74 Å². The molecule has 1 aromatic heterocycles. The number of amides is 1. The second-order valence-electron chi connectivity index (χ2n) is 5.65. The molecule has 0 aliphatic carbocycles. The molecular weight excluding hydrogens is 284 g/mol. The van der Waals surface area contributed by atoms with E-state index < -0.39 is 12.1 Å². The number of likely N-dealkylation sites (tertiary alicyclic amines) is 1. The molecule has 120 valence electrons. The molecule has 6 nitrogen and oxygen atoms in total. The van der Waals surface area contributed by atoms with E-state index in [9.17, 15) is 14.4 Å². The van der Waals surface area contributed by atoms with Crippen molar-refractivity contribution in [3.63, 3.8) is 0 Å². The quantitative estimate of drug-likeness (QED) is 0.683. The summed E-state index contributed by atoms with van der Waals surface area (Å²) in [4.78, 5) is 40.0. The Balaban J connectivity index is 1.94. The van der Waals surface area contributed by atoms with E-state index >= 15 is 0 Å². The maximum Gasteiger partial charge on any atom is 0.355 e. The number of H-pyrrole nitrogens is 1. The number of nitrogens with zero attached hydrogens (tertiary/aromatic N) is 1. The van der Waals surface area contributed by atoms with Crippen molar-refractivity contribution in [3.8, 4) is 0 Å². The fourth-order valence-electron chi connectivity index (χ4n) is 2.54. The second kappa shape index (κ2) is 7.24. The van der Waals surface area contributed by atoms with E-state index in [1.54, 1.807) is 11.8 Å². The number of ketones is 1. The summed E-state index contributed by atoms with van der Waals surface area (Å²) < 4.78 is 5.21. The number of carbonyl (C=O) groups is 3. The average Bonchev–Trinajstić information content (AvgIpc) is 2.83. The van der Waals surface area contributed by atoms with Gasteiger partial charge in [-0.3, -0.25) is 9.59 Å². The summed E-state index contributed by atoms with van der Waals surface area (Å²) in [5.74, 6) is -0.916. The van der Waals surface area contributed by atoms with E-state index in [-0.39, 0.29) is 17.4 Å². The van der Waals surface area contributed by atoms with Crippen molar-refractivity contribution >= 4 is 17.7 Å². The lowest BCUT2D eigenvalue weighted by Gasteiger charge is -2.23. The van der Waals surface area contributed by atoms with Gasteiger partial charge in [-0.25, -0.2) is 4.79 Å². The van der Waals surface area contributed by atoms with Crippen LogP contribution in [0.25, 0.3) is 0 Å². The Morgan fingerprint density at radius 1 is 1.18 bits per heavy atom. The van der Waals surface area contributed by atoms with E-state index in [1.165, 1.54) is 19.2 Å². The topological polar surface area (TPSA) is 79.5 Å². The Bertz CT molecular complexity index is 556. The summed E-state index contributed by atoms with van der Waals surface area (Å²) in [6.45, 7) is 4.44. The third-order valence-corrected chi connectivity index (χ3v) is 3.86. The van der Waals surface area contributed by atoms with Crippen LogP contribution in [-0.4, -0.2) is 46.7 Å². The van der Waals surface area contributed by atoms with Crippen LogP contribution in [0.15, 0.2) is 12.3 Å². The zero-order valence-electron chi connectivity index (χ0n) is 13.1. The second-order valence-corrected chi connectivity index (χ2v) is 5.65. The molecule has 1 saturated heterocycles. The first kappa shape index (κ1) is 16.3. The zero-order chi connectivity index (χ0) is 16.1. The molecule has 1 atom stereocenters. The molecule has 1 amide bonds. The van der Waals surface area contributed by atoms with Crippen molar-refractivity contribution in [3.05, 3.63) is 23.5 Å². The van der Waals surface area contributed by atoms with Gasteiger partial charge in [0.05, 0.1) is 0 Å². The van der Waals surface area contributed by atoms with Gasteiger partial charge in [-0.05, 0) is 32.8 Å². The summed E-state index contributed by atoms with van der Waals surface area (Å²) in [5, 5.41) is 0. The molecule has 2 rings (SSSR count). The van der Waals surface area contributed by atoms with E-state index in [2.05, 4.69) is 4.98 Å². The molecule has 1 N–H and O–H groups in total. The number of aromatic nitrogens is 1. The van der Waals surface area contributed by atoms with Gasteiger partial charge in [0.25, 0.3) is 5.91 Å². The molecule has 1 aliphatic heterocycles. The van der Waals surface area contributed by atoms with Gasteiger partial charge in [-0.1, -0.05) is 12.8 Å². The van der Waals surface area contributed by atoms with Gasteiger partial charge in [0.2, 0.25) is 0 Å². The van der Waals surface area contributed by atoms with Crippen molar-refractivity contribution in [1.29, 1.82) is 0 Å². The van der Waals surface area contributed by atoms with Crippen LogP contribution in [0.4, 0.5) is 0 Å². The van der Waals surface area contributed by atoms with Crippen LogP contribution >= 0.6 is 0 Å². The number of aromatic amines is 1. The predicted molar refractivity (Wildman–Crippen MR) is 80.7 cm³/mol.